The first kappa shape index (κ1) is 13.0. The van der Waals surface area contributed by atoms with Crippen molar-refractivity contribution < 1.29 is 10.0 Å². The summed E-state index contributed by atoms with van der Waals surface area (Å²) in [5.41, 5.74) is 7.40. The van der Waals surface area contributed by atoms with Crippen LogP contribution in [0.15, 0.2) is 11.4 Å². The molecule has 0 saturated heterocycles. The van der Waals surface area contributed by atoms with E-state index in [1.165, 1.54) is 0 Å². The lowest BCUT2D eigenvalue weighted by Gasteiger charge is -2.04. The van der Waals surface area contributed by atoms with Gasteiger partial charge in [0.2, 0.25) is 5.91 Å². The highest BCUT2D eigenvalue weighted by Gasteiger charge is 2.04. The molecule has 0 fully saturated rings. The molecular weight excluding hydrogens is 222 g/mol. The van der Waals surface area contributed by atoms with Crippen LogP contribution in [0.4, 0.5) is 0 Å². The molecule has 7 heteroatoms. The Morgan fingerprint density at radius 1 is 1.71 bits per heavy atom. The number of nitrogens with two attached hydrogens (primary N) is 1. The van der Waals surface area contributed by atoms with Crippen molar-refractivity contribution in [3.05, 3.63) is 17.5 Å². The number of hydrogen-bond donors (Lipinski definition) is 4. The van der Waals surface area contributed by atoms with E-state index < -0.39 is 0 Å². The van der Waals surface area contributed by atoms with Crippen LogP contribution in [0.5, 0.6) is 0 Å². The van der Waals surface area contributed by atoms with Crippen molar-refractivity contribution in [1.82, 2.24) is 15.5 Å². The van der Waals surface area contributed by atoms with E-state index in [0.29, 0.717) is 6.54 Å². The summed E-state index contributed by atoms with van der Waals surface area (Å²) in [4.78, 5) is 11.2. The first-order chi connectivity index (χ1) is 8.13. The van der Waals surface area contributed by atoms with Gasteiger partial charge in [-0.25, -0.2) is 0 Å². The van der Waals surface area contributed by atoms with Crippen molar-refractivity contribution in [2.45, 2.75) is 26.2 Å². The molecule has 0 saturated carbocycles. The van der Waals surface area contributed by atoms with Gasteiger partial charge in [0.25, 0.3) is 0 Å². The van der Waals surface area contributed by atoms with Crippen molar-refractivity contribution in [2.24, 2.45) is 10.9 Å². The second kappa shape index (κ2) is 6.51. The molecule has 1 rings (SSSR count). The number of aromatic nitrogens is 2. The number of hydrogen-bond acceptors (Lipinski definition) is 4. The molecule has 1 aromatic rings. The van der Waals surface area contributed by atoms with Gasteiger partial charge in [-0.05, 0) is 25.3 Å². The van der Waals surface area contributed by atoms with Crippen LogP contribution in [-0.4, -0.2) is 33.7 Å². The number of nitrogens with one attached hydrogen (secondary N) is 2. The highest BCUT2D eigenvalue weighted by atomic mass is 16.4. The number of amides is 1. The van der Waals surface area contributed by atoms with Gasteiger partial charge in [0, 0.05) is 12.2 Å². The van der Waals surface area contributed by atoms with E-state index in [-0.39, 0.29) is 18.2 Å². The first-order valence-corrected chi connectivity index (χ1v) is 5.35. The number of aromatic amines is 1. The summed E-state index contributed by atoms with van der Waals surface area (Å²) >= 11 is 0. The average Bonchev–Trinajstić information content (AvgIpc) is 2.70. The standard InChI is InChI=1S/C10H17N5O2/c1-7-8(6-13-14-7)3-2-4-12-10(16)5-9(11)15-17/h6,17H,2-5H2,1H3,(H2,11,15)(H,12,16)(H,13,14). The molecule has 0 aliphatic rings. The first-order valence-electron chi connectivity index (χ1n) is 5.35. The summed E-state index contributed by atoms with van der Waals surface area (Å²) in [5.74, 6) is -0.336. The van der Waals surface area contributed by atoms with Crippen LogP contribution < -0.4 is 11.1 Å². The van der Waals surface area contributed by atoms with Gasteiger partial charge >= 0.3 is 0 Å². The smallest absolute Gasteiger partial charge is 0.227 e. The molecule has 1 aromatic heterocycles. The van der Waals surface area contributed by atoms with E-state index in [9.17, 15) is 4.79 Å². The third kappa shape index (κ3) is 4.54. The third-order valence-corrected chi connectivity index (χ3v) is 2.35. The number of nitrogens with zero attached hydrogens (tertiary/aromatic N) is 2. The molecule has 94 valence electrons. The maximum Gasteiger partial charge on any atom is 0.227 e. The Hall–Kier alpha value is -2.05. The summed E-state index contributed by atoms with van der Waals surface area (Å²) in [6, 6.07) is 0. The normalized spacial score (nSPS) is 11.5. The van der Waals surface area contributed by atoms with Gasteiger partial charge in [-0.3, -0.25) is 9.89 Å². The highest BCUT2D eigenvalue weighted by Crippen LogP contribution is 2.04. The summed E-state index contributed by atoms with van der Waals surface area (Å²) in [6.45, 7) is 2.52. The molecule has 1 amide bonds. The van der Waals surface area contributed by atoms with Crippen LogP contribution in [0.25, 0.3) is 0 Å². The largest absolute Gasteiger partial charge is 0.409 e. The topological polar surface area (TPSA) is 116 Å². The minimum absolute atomic E-state index is 0.0821. The van der Waals surface area contributed by atoms with E-state index >= 15 is 0 Å². The Labute approximate surface area is 99.1 Å². The van der Waals surface area contributed by atoms with Crippen LogP contribution in [0, 0.1) is 6.92 Å². The SMILES string of the molecule is Cc1[nH]ncc1CCCNC(=O)CC(N)=NO. The Balaban J connectivity index is 2.16. The zero-order valence-corrected chi connectivity index (χ0v) is 9.73. The number of amidine groups is 1. The van der Waals surface area contributed by atoms with Gasteiger partial charge < -0.3 is 16.3 Å². The zero-order valence-electron chi connectivity index (χ0n) is 9.73. The van der Waals surface area contributed by atoms with Crippen LogP contribution in [0.3, 0.4) is 0 Å². The van der Waals surface area contributed by atoms with E-state index in [0.717, 1.165) is 24.1 Å². The minimum atomic E-state index is -0.246. The van der Waals surface area contributed by atoms with Crippen molar-refractivity contribution in [1.29, 1.82) is 0 Å². The fourth-order valence-corrected chi connectivity index (χ4v) is 1.40. The van der Waals surface area contributed by atoms with Gasteiger partial charge in [0.15, 0.2) is 0 Å². The quantitative estimate of drug-likeness (QED) is 0.182. The predicted molar refractivity (Wildman–Crippen MR) is 62.7 cm³/mol. The molecule has 0 aromatic carbocycles. The Morgan fingerprint density at radius 3 is 3.06 bits per heavy atom. The van der Waals surface area contributed by atoms with Crippen molar-refractivity contribution >= 4 is 11.7 Å². The van der Waals surface area contributed by atoms with E-state index in [4.69, 9.17) is 10.9 Å². The maximum atomic E-state index is 11.2. The number of aryl methyl sites for hydroxylation is 2. The number of carbonyl (C=O) groups excluding carboxylic acids is 1. The van der Waals surface area contributed by atoms with Crippen LogP contribution in [-0.2, 0) is 11.2 Å². The van der Waals surface area contributed by atoms with E-state index in [1.807, 2.05) is 6.92 Å². The second-order valence-electron chi connectivity index (χ2n) is 3.74. The average molecular weight is 239 g/mol. The summed E-state index contributed by atoms with van der Waals surface area (Å²) in [7, 11) is 0. The highest BCUT2D eigenvalue weighted by molar-refractivity contribution is 5.98. The molecule has 0 radical (unpaired) electrons. The third-order valence-electron chi connectivity index (χ3n) is 2.35. The molecule has 7 nitrogen and oxygen atoms in total. The molecule has 0 spiro atoms. The molecule has 0 bridgehead atoms. The Kier molecular flexibility index (Phi) is 4.99. The predicted octanol–water partition coefficient (Wildman–Crippen LogP) is -0.0966. The molecule has 1 heterocycles. The molecule has 0 atom stereocenters. The molecule has 0 aliphatic carbocycles. The molecule has 5 N–H and O–H groups in total. The van der Waals surface area contributed by atoms with Crippen molar-refractivity contribution in [3.8, 4) is 0 Å². The summed E-state index contributed by atoms with van der Waals surface area (Å²) < 4.78 is 0. The number of H-pyrrole nitrogens is 1. The monoisotopic (exact) mass is 239 g/mol. The maximum absolute atomic E-state index is 11.2. The van der Waals surface area contributed by atoms with Crippen LogP contribution in [0.2, 0.25) is 0 Å². The number of carbonyl (C=O) groups is 1. The van der Waals surface area contributed by atoms with Gasteiger partial charge in [-0.2, -0.15) is 5.10 Å². The number of oxime groups is 1. The number of rotatable bonds is 6. The van der Waals surface area contributed by atoms with Gasteiger partial charge in [-0.1, -0.05) is 5.16 Å². The lowest BCUT2D eigenvalue weighted by Crippen LogP contribution is -2.29. The van der Waals surface area contributed by atoms with E-state index in [1.54, 1.807) is 6.20 Å². The van der Waals surface area contributed by atoms with Gasteiger partial charge in [-0.15, -0.1) is 0 Å². The van der Waals surface area contributed by atoms with Crippen LogP contribution in [0.1, 0.15) is 24.1 Å². The lowest BCUT2D eigenvalue weighted by atomic mass is 10.1. The molecule has 17 heavy (non-hydrogen) atoms. The fourth-order valence-electron chi connectivity index (χ4n) is 1.40. The van der Waals surface area contributed by atoms with Gasteiger partial charge in [0.1, 0.15) is 5.84 Å². The van der Waals surface area contributed by atoms with Crippen molar-refractivity contribution in [2.75, 3.05) is 6.54 Å². The minimum Gasteiger partial charge on any atom is -0.409 e. The Morgan fingerprint density at radius 2 is 2.47 bits per heavy atom. The van der Waals surface area contributed by atoms with E-state index in [2.05, 4.69) is 20.7 Å². The second-order valence-corrected chi connectivity index (χ2v) is 3.74. The molecule has 0 unspecified atom stereocenters. The van der Waals surface area contributed by atoms with Crippen LogP contribution >= 0.6 is 0 Å². The van der Waals surface area contributed by atoms with Crippen molar-refractivity contribution in [3.63, 3.8) is 0 Å². The van der Waals surface area contributed by atoms with Gasteiger partial charge in [0.05, 0.1) is 12.6 Å². The Bertz CT molecular complexity index is 399. The summed E-state index contributed by atoms with van der Waals surface area (Å²) in [6.07, 6.45) is 3.38. The lowest BCUT2D eigenvalue weighted by molar-refractivity contribution is -0.119. The summed E-state index contributed by atoms with van der Waals surface area (Å²) in [5, 5.41) is 20.5. The molecular formula is C10H17N5O2. The zero-order chi connectivity index (χ0) is 12.7. The molecule has 0 aliphatic heterocycles. The fraction of sp³-hybridized carbons (Fsp3) is 0.500.